The van der Waals surface area contributed by atoms with Gasteiger partial charge in [0.25, 0.3) is 0 Å². The minimum Gasteiger partial charge on any atom is -0.479 e. The first kappa shape index (κ1) is 12.4. The summed E-state index contributed by atoms with van der Waals surface area (Å²) in [4.78, 5) is 11.5. The summed E-state index contributed by atoms with van der Waals surface area (Å²) in [5.41, 5.74) is 0. The molecule has 94 valence electrons. The van der Waals surface area contributed by atoms with Crippen molar-refractivity contribution in [2.75, 3.05) is 6.61 Å². The average Bonchev–Trinajstić information content (AvgIpc) is 2.39. The molecule has 0 saturated heterocycles. The third kappa shape index (κ3) is 2.80. The first-order valence-corrected chi connectivity index (χ1v) is 6.03. The standard InChI is InChI=1S/C15H16O3/c1-3-17-15(16)11(2)18-14-9-8-12-6-4-5-7-13(12)10-14/h4-11H,3H2,1-2H3. The molecule has 0 aliphatic carbocycles. The number of hydrogen-bond donors (Lipinski definition) is 0. The van der Waals surface area contributed by atoms with Crippen LogP contribution in [-0.2, 0) is 9.53 Å². The molecule has 0 saturated carbocycles. The van der Waals surface area contributed by atoms with E-state index >= 15 is 0 Å². The van der Waals surface area contributed by atoms with Crippen LogP contribution in [0.15, 0.2) is 42.5 Å². The maximum absolute atomic E-state index is 11.5. The second-order valence-electron chi connectivity index (χ2n) is 4.02. The fourth-order valence-electron chi connectivity index (χ4n) is 1.75. The molecule has 0 radical (unpaired) electrons. The summed E-state index contributed by atoms with van der Waals surface area (Å²) in [6.45, 7) is 3.83. The second-order valence-corrected chi connectivity index (χ2v) is 4.02. The number of carbonyl (C=O) groups excluding carboxylic acids is 1. The molecular formula is C15H16O3. The van der Waals surface area contributed by atoms with E-state index in [4.69, 9.17) is 9.47 Å². The molecule has 3 heteroatoms. The van der Waals surface area contributed by atoms with Crippen molar-refractivity contribution in [3.05, 3.63) is 42.5 Å². The topological polar surface area (TPSA) is 35.5 Å². The van der Waals surface area contributed by atoms with Crippen LogP contribution in [0.1, 0.15) is 13.8 Å². The van der Waals surface area contributed by atoms with Gasteiger partial charge in [0.15, 0.2) is 6.10 Å². The van der Waals surface area contributed by atoms with Gasteiger partial charge in [0, 0.05) is 0 Å². The summed E-state index contributed by atoms with van der Waals surface area (Å²) in [6.07, 6.45) is -0.592. The van der Waals surface area contributed by atoms with Gasteiger partial charge in [-0.15, -0.1) is 0 Å². The zero-order valence-corrected chi connectivity index (χ0v) is 10.6. The van der Waals surface area contributed by atoms with Crippen molar-refractivity contribution in [2.24, 2.45) is 0 Å². The van der Waals surface area contributed by atoms with Crippen molar-refractivity contribution in [1.82, 2.24) is 0 Å². The van der Waals surface area contributed by atoms with E-state index in [1.807, 2.05) is 42.5 Å². The van der Waals surface area contributed by atoms with E-state index < -0.39 is 6.10 Å². The van der Waals surface area contributed by atoms with E-state index in [-0.39, 0.29) is 5.97 Å². The van der Waals surface area contributed by atoms with Crippen LogP contribution in [-0.4, -0.2) is 18.7 Å². The molecule has 2 aromatic carbocycles. The lowest BCUT2D eigenvalue weighted by Gasteiger charge is -2.13. The van der Waals surface area contributed by atoms with E-state index in [2.05, 4.69) is 0 Å². The molecule has 2 rings (SSSR count). The van der Waals surface area contributed by atoms with Crippen LogP contribution in [0.3, 0.4) is 0 Å². The Morgan fingerprint density at radius 2 is 1.89 bits per heavy atom. The Balaban J connectivity index is 2.14. The highest BCUT2D eigenvalue weighted by Gasteiger charge is 2.15. The molecular weight excluding hydrogens is 228 g/mol. The molecule has 0 N–H and O–H groups in total. The van der Waals surface area contributed by atoms with Crippen molar-refractivity contribution in [3.8, 4) is 5.75 Å². The third-order valence-electron chi connectivity index (χ3n) is 2.65. The summed E-state index contributed by atoms with van der Waals surface area (Å²) in [5, 5.41) is 2.24. The number of benzene rings is 2. The third-order valence-corrected chi connectivity index (χ3v) is 2.65. The highest BCUT2D eigenvalue weighted by atomic mass is 16.6. The fourth-order valence-corrected chi connectivity index (χ4v) is 1.75. The Morgan fingerprint density at radius 3 is 2.61 bits per heavy atom. The Morgan fingerprint density at radius 1 is 1.17 bits per heavy atom. The molecule has 0 aromatic heterocycles. The Kier molecular flexibility index (Phi) is 3.82. The van der Waals surface area contributed by atoms with Crippen LogP contribution in [0.2, 0.25) is 0 Å². The normalized spacial score (nSPS) is 12.1. The van der Waals surface area contributed by atoms with Crippen LogP contribution in [0.5, 0.6) is 5.75 Å². The van der Waals surface area contributed by atoms with Crippen LogP contribution in [0.4, 0.5) is 0 Å². The van der Waals surface area contributed by atoms with Gasteiger partial charge in [0.05, 0.1) is 6.61 Å². The van der Waals surface area contributed by atoms with Gasteiger partial charge >= 0.3 is 5.97 Å². The molecule has 2 aromatic rings. The van der Waals surface area contributed by atoms with Crippen molar-refractivity contribution in [1.29, 1.82) is 0 Å². The molecule has 18 heavy (non-hydrogen) atoms. The largest absolute Gasteiger partial charge is 0.479 e. The van der Waals surface area contributed by atoms with E-state index in [1.165, 1.54) is 0 Å². The molecule has 0 spiro atoms. The van der Waals surface area contributed by atoms with Crippen molar-refractivity contribution >= 4 is 16.7 Å². The lowest BCUT2D eigenvalue weighted by atomic mass is 10.1. The Hall–Kier alpha value is -2.03. The zero-order valence-electron chi connectivity index (χ0n) is 10.6. The van der Waals surface area contributed by atoms with E-state index in [0.717, 1.165) is 10.8 Å². The molecule has 0 bridgehead atoms. The number of ether oxygens (including phenoxy) is 2. The monoisotopic (exact) mass is 244 g/mol. The van der Waals surface area contributed by atoms with Crippen molar-refractivity contribution in [2.45, 2.75) is 20.0 Å². The lowest BCUT2D eigenvalue weighted by molar-refractivity contribution is -0.150. The van der Waals surface area contributed by atoms with Crippen LogP contribution in [0, 0.1) is 0 Å². The maximum Gasteiger partial charge on any atom is 0.347 e. The minimum absolute atomic E-state index is 0.342. The van der Waals surface area contributed by atoms with Gasteiger partial charge < -0.3 is 9.47 Å². The highest BCUT2D eigenvalue weighted by molar-refractivity contribution is 5.84. The average molecular weight is 244 g/mol. The van der Waals surface area contributed by atoms with Gasteiger partial charge in [-0.2, -0.15) is 0 Å². The first-order chi connectivity index (χ1) is 8.70. The summed E-state index contributed by atoms with van der Waals surface area (Å²) >= 11 is 0. The molecule has 0 amide bonds. The summed E-state index contributed by atoms with van der Waals surface area (Å²) in [7, 11) is 0. The number of fused-ring (bicyclic) bond motifs is 1. The van der Waals surface area contributed by atoms with Crippen LogP contribution in [0.25, 0.3) is 10.8 Å². The summed E-state index contributed by atoms with van der Waals surface area (Å²) in [5.74, 6) is 0.333. The summed E-state index contributed by atoms with van der Waals surface area (Å²) < 4.78 is 10.5. The molecule has 1 atom stereocenters. The quantitative estimate of drug-likeness (QED) is 0.775. The SMILES string of the molecule is CCOC(=O)C(C)Oc1ccc2ccccc2c1. The fraction of sp³-hybridized carbons (Fsp3) is 0.267. The second kappa shape index (κ2) is 5.54. The van der Waals surface area contributed by atoms with Gasteiger partial charge in [-0.3, -0.25) is 0 Å². The van der Waals surface area contributed by atoms with E-state index in [1.54, 1.807) is 13.8 Å². The van der Waals surface area contributed by atoms with Crippen LogP contribution >= 0.6 is 0 Å². The Bertz CT molecular complexity index is 548. The molecule has 3 nitrogen and oxygen atoms in total. The number of carbonyl (C=O) groups is 1. The van der Waals surface area contributed by atoms with Crippen LogP contribution < -0.4 is 4.74 Å². The van der Waals surface area contributed by atoms with E-state index in [9.17, 15) is 4.79 Å². The van der Waals surface area contributed by atoms with Crippen molar-refractivity contribution in [3.63, 3.8) is 0 Å². The maximum atomic E-state index is 11.5. The predicted molar refractivity (Wildman–Crippen MR) is 70.7 cm³/mol. The van der Waals surface area contributed by atoms with Crippen molar-refractivity contribution < 1.29 is 14.3 Å². The number of hydrogen-bond acceptors (Lipinski definition) is 3. The predicted octanol–water partition coefficient (Wildman–Crippen LogP) is 3.17. The minimum atomic E-state index is -0.592. The number of rotatable bonds is 4. The molecule has 1 unspecified atom stereocenters. The molecule has 0 aliphatic rings. The smallest absolute Gasteiger partial charge is 0.347 e. The van der Waals surface area contributed by atoms with Gasteiger partial charge in [-0.25, -0.2) is 4.79 Å². The lowest BCUT2D eigenvalue weighted by Crippen LogP contribution is -2.25. The molecule has 0 fully saturated rings. The van der Waals surface area contributed by atoms with Gasteiger partial charge in [-0.05, 0) is 36.8 Å². The number of esters is 1. The first-order valence-electron chi connectivity index (χ1n) is 6.03. The molecule has 0 aliphatic heterocycles. The Labute approximate surface area is 106 Å². The summed E-state index contributed by atoms with van der Waals surface area (Å²) in [6, 6.07) is 13.8. The van der Waals surface area contributed by atoms with Gasteiger partial charge in [-0.1, -0.05) is 30.3 Å². The van der Waals surface area contributed by atoms with Gasteiger partial charge in [0.1, 0.15) is 5.75 Å². The zero-order chi connectivity index (χ0) is 13.0. The highest BCUT2D eigenvalue weighted by Crippen LogP contribution is 2.21. The molecule has 0 heterocycles. The van der Waals surface area contributed by atoms with E-state index in [0.29, 0.717) is 12.4 Å². The van der Waals surface area contributed by atoms with Gasteiger partial charge in [0.2, 0.25) is 0 Å².